The normalized spacial score (nSPS) is 29.1. The Morgan fingerprint density at radius 2 is 1.74 bits per heavy atom. The number of benzene rings is 1. The molecule has 2 heterocycles. The molecule has 1 aromatic rings. The predicted molar refractivity (Wildman–Crippen MR) is 81.8 cm³/mol. The van der Waals surface area contributed by atoms with Gasteiger partial charge in [0.05, 0.1) is 10.0 Å². The Morgan fingerprint density at radius 3 is 2.32 bits per heavy atom. The summed E-state index contributed by atoms with van der Waals surface area (Å²) in [5, 5.41) is 1.11. The lowest BCUT2D eigenvalue weighted by atomic mass is 9.99. The maximum Gasteiger partial charge on any atom is 0.121 e. The van der Waals surface area contributed by atoms with Crippen molar-refractivity contribution < 1.29 is 4.74 Å². The first-order chi connectivity index (χ1) is 8.63. The second-order valence-corrected chi connectivity index (χ2v) is 5.79. The fraction of sp³-hybridized carbons (Fsp3) is 0.429. The van der Waals surface area contributed by atoms with Crippen LogP contribution in [0.3, 0.4) is 0 Å². The van der Waals surface area contributed by atoms with E-state index in [1.54, 1.807) is 12.1 Å². The standard InChI is InChI=1S/C14H15Cl2NO.ClH/c1-17-9-2-3-10(17)7-12(6-9)18-11-4-5-13(15)14(16)8-11;/h2-5,8-10,12H,6-7H2,1H3;1H. The van der Waals surface area contributed by atoms with E-state index in [1.807, 2.05) is 6.07 Å². The SMILES string of the molecule is CN1C2C=CC1CC(Oc1ccc(Cl)c(Cl)c1)C2.Cl. The average molecular weight is 321 g/mol. The molecule has 104 valence electrons. The number of hydrogen-bond acceptors (Lipinski definition) is 2. The van der Waals surface area contributed by atoms with Crippen molar-refractivity contribution in [3.05, 3.63) is 40.4 Å². The van der Waals surface area contributed by atoms with Gasteiger partial charge in [-0.05, 0) is 19.2 Å². The van der Waals surface area contributed by atoms with Crippen molar-refractivity contribution in [1.29, 1.82) is 0 Å². The Balaban J connectivity index is 0.00000133. The largest absolute Gasteiger partial charge is 0.490 e. The number of piperidine rings is 1. The minimum atomic E-state index is 0. The van der Waals surface area contributed by atoms with Crippen LogP contribution in [0.25, 0.3) is 0 Å². The smallest absolute Gasteiger partial charge is 0.121 e. The molecule has 2 aliphatic rings. The molecule has 2 atom stereocenters. The molecule has 0 radical (unpaired) electrons. The lowest BCUT2D eigenvalue weighted by Gasteiger charge is -2.36. The number of rotatable bonds is 2. The Labute approximate surface area is 129 Å². The lowest BCUT2D eigenvalue weighted by molar-refractivity contribution is 0.0752. The molecule has 2 bridgehead atoms. The van der Waals surface area contributed by atoms with Crippen LogP contribution in [0.2, 0.25) is 10.0 Å². The number of likely N-dealkylation sites (N-methyl/N-ethyl adjacent to an activating group) is 1. The summed E-state index contributed by atoms with van der Waals surface area (Å²) in [6, 6.07) is 6.47. The first kappa shape index (κ1) is 15.0. The quantitative estimate of drug-likeness (QED) is 0.757. The molecule has 0 aliphatic carbocycles. The van der Waals surface area contributed by atoms with Gasteiger partial charge in [0.15, 0.2) is 0 Å². The zero-order valence-corrected chi connectivity index (χ0v) is 12.9. The van der Waals surface area contributed by atoms with Crippen LogP contribution >= 0.6 is 35.6 Å². The first-order valence-electron chi connectivity index (χ1n) is 6.15. The molecular formula is C14H16Cl3NO. The van der Waals surface area contributed by atoms with E-state index in [0.717, 1.165) is 18.6 Å². The highest BCUT2D eigenvalue weighted by Gasteiger charge is 2.35. The summed E-state index contributed by atoms with van der Waals surface area (Å²) in [7, 11) is 2.17. The summed E-state index contributed by atoms with van der Waals surface area (Å²) in [5.41, 5.74) is 0. The zero-order valence-electron chi connectivity index (χ0n) is 10.6. The Morgan fingerprint density at radius 1 is 1.11 bits per heavy atom. The third-order valence-electron chi connectivity index (χ3n) is 3.80. The summed E-state index contributed by atoms with van der Waals surface area (Å²) in [6.45, 7) is 0. The van der Waals surface area contributed by atoms with E-state index in [-0.39, 0.29) is 18.5 Å². The van der Waals surface area contributed by atoms with Crippen LogP contribution in [0.15, 0.2) is 30.4 Å². The molecule has 0 aromatic heterocycles. The second kappa shape index (κ2) is 5.92. The van der Waals surface area contributed by atoms with Gasteiger partial charge in [0.25, 0.3) is 0 Å². The number of halogens is 3. The highest BCUT2D eigenvalue weighted by atomic mass is 35.5. The van der Waals surface area contributed by atoms with E-state index in [4.69, 9.17) is 27.9 Å². The van der Waals surface area contributed by atoms with Crippen molar-refractivity contribution in [2.24, 2.45) is 0 Å². The van der Waals surface area contributed by atoms with Crippen LogP contribution in [-0.2, 0) is 0 Å². The molecule has 0 saturated carbocycles. The van der Waals surface area contributed by atoms with Gasteiger partial charge in [0.1, 0.15) is 11.9 Å². The monoisotopic (exact) mass is 319 g/mol. The first-order valence-corrected chi connectivity index (χ1v) is 6.91. The number of nitrogens with zero attached hydrogens (tertiary/aromatic N) is 1. The lowest BCUT2D eigenvalue weighted by Crippen LogP contribution is -2.44. The average Bonchev–Trinajstić information content (AvgIpc) is 2.58. The van der Waals surface area contributed by atoms with Crippen molar-refractivity contribution in [1.82, 2.24) is 4.90 Å². The Kier molecular flexibility index (Phi) is 4.67. The highest BCUT2D eigenvalue weighted by Crippen LogP contribution is 2.33. The van der Waals surface area contributed by atoms with Gasteiger partial charge in [-0.15, -0.1) is 12.4 Å². The van der Waals surface area contributed by atoms with Crippen LogP contribution < -0.4 is 4.74 Å². The summed E-state index contributed by atoms with van der Waals surface area (Å²) >= 11 is 11.9. The summed E-state index contributed by atoms with van der Waals surface area (Å²) in [6.07, 6.45) is 6.88. The third kappa shape index (κ3) is 3.03. The number of ether oxygens (including phenoxy) is 1. The molecule has 2 aliphatic heterocycles. The maximum atomic E-state index is 6.01. The molecule has 1 fully saturated rings. The zero-order chi connectivity index (χ0) is 12.7. The van der Waals surface area contributed by atoms with Gasteiger partial charge in [-0.1, -0.05) is 35.4 Å². The van der Waals surface area contributed by atoms with Crippen LogP contribution in [0, 0.1) is 0 Å². The van der Waals surface area contributed by atoms with Crippen molar-refractivity contribution in [2.45, 2.75) is 31.0 Å². The molecule has 3 rings (SSSR count). The third-order valence-corrected chi connectivity index (χ3v) is 4.54. The molecule has 1 aromatic carbocycles. The topological polar surface area (TPSA) is 12.5 Å². The summed E-state index contributed by atoms with van der Waals surface area (Å²) in [5.74, 6) is 0.804. The van der Waals surface area contributed by atoms with Crippen LogP contribution in [0.4, 0.5) is 0 Å². The molecule has 2 nitrogen and oxygen atoms in total. The van der Waals surface area contributed by atoms with Gasteiger partial charge in [-0.25, -0.2) is 0 Å². The van der Waals surface area contributed by atoms with Gasteiger partial charge >= 0.3 is 0 Å². The molecule has 0 spiro atoms. The van der Waals surface area contributed by atoms with Gasteiger partial charge in [0.2, 0.25) is 0 Å². The van der Waals surface area contributed by atoms with Crippen molar-refractivity contribution in [3.63, 3.8) is 0 Å². The minimum absolute atomic E-state index is 0. The fourth-order valence-electron chi connectivity index (χ4n) is 2.74. The predicted octanol–water partition coefficient (Wildman–Crippen LogP) is 4.20. The Bertz CT molecular complexity index is 476. The van der Waals surface area contributed by atoms with Gasteiger partial charge in [-0.2, -0.15) is 0 Å². The molecule has 1 saturated heterocycles. The van der Waals surface area contributed by atoms with Crippen LogP contribution in [0.5, 0.6) is 5.75 Å². The van der Waals surface area contributed by atoms with Crippen LogP contribution in [0.1, 0.15) is 12.8 Å². The van der Waals surface area contributed by atoms with E-state index < -0.39 is 0 Å². The number of fused-ring (bicyclic) bond motifs is 2. The van der Waals surface area contributed by atoms with E-state index in [0.29, 0.717) is 22.1 Å². The number of hydrogen-bond donors (Lipinski definition) is 0. The molecular weight excluding hydrogens is 305 g/mol. The summed E-state index contributed by atoms with van der Waals surface area (Å²) < 4.78 is 6.01. The fourth-order valence-corrected chi connectivity index (χ4v) is 3.03. The molecule has 2 unspecified atom stereocenters. The molecule has 0 N–H and O–H groups in total. The van der Waals surface area contributed by atoms with E-state index in [9.17, 15) is 0 Å². The molecule has 5 heteroatoms. The maximum absolute atomic E-state index is 6.01. The second-order valence-electron chi connectivity index (χ2n) is 4.97. The molecule has 0 amide bonds. The van der Waals surface area contributed by atoms with Crippen molar-refractivity contribution >= 4 is 35.6 Å². The minimum Gasteiger partial charge on any atom is -0.490 e. The van der Waals surface area contributed by atoms with Gasteiger partial charge in [0, 0.05) is 31.0 Å². The van der Waals surface area contributed by atoms with E-state index in [2.05, 4.69) is 24.1 Å². The Hall–Kier alpha value is -0.410. The van der Waals surface area contributed by atoms with Gasteiger partial charge < -0.3 is 4.74 Å². The van der Waals surface area contributed by atoms with Gasteiger partial charge in [-0.3, -0.25) is 4.90 Å². The van der Waals surface area contributed by atoms with Crippen molar-refractivity contribution in [2.75, 3.05) is 7.05 Å². The highest BCUT2D eigenvalue weighted by molar-refractivity contribution is 6.42. The van der Waals surface area contributed by atoms with E-state index in [1.165, 1.54) is 0 Å². The molecule has 19 heavy (non-hydrogen) atoms. The van der Waals surface area contributed by atoms with Crippen LogP contribution in [-0.4, -0.2) is 30.1 Å². The van der Waals surface area contributed by atoms with Crippen molar-refractivity contribution in [3.8, 4) is 5.75 Å². The summed E-state index contributed by atoms with van der Waals surface area (Å²) in [4.78, 5) is 2.40. The van der Waals surface area contributed by atoms with E-state index >= 15 is 0 Å².